The molecule has 14 heavy (non-hydrogen) atoms. The third-order valence-corrected chi connectivity index (χ3v) is 2.62. The molecule has 0 unspecified atom stereocenters. The number of hydrogen-bond acceptors (Lipinski definition) is 3. The second kappa shape index (κ2) is 4.02. The molecule has 0 aromatic heterocycles. The first kappa shape index (κ1) is 11.1. The van der Waals surface area contributed by atoms with Crippen molar-refractivity contribution in [2.24, 2.45) is 0 Å². The molecule has 0 heterocycles. The Labute approximate surface area is 88.1 Å². The summed E-state index contributed by atoms with van der Waals surface area (Å²) in [6, 6.07) is 4.78. The lowest BCUT2D eigenvalue weighted by molar-refractivity contribution is 0.495. The zero-order chi connectivity index (χ0) is 10.8. The number of halogens is 1. The van der Waals surface area contributed by atoms with Crippen LogP contribution in [-0.4, -0.2) is 8.42 Å². The summed E-state index contributed by atoms with van der Waals surface area (Å²) in [5.41, 5.74) is 0.694. The minimum atomic E-state index is -3.71. The van der Waals surface area contributed by atoms with Crippen molar-refractivity contribution in [1.82, 2.24) is 0 Å². The molecule has 1 rings (SSSR count). The van der Waals surface area contributed by atoms with Crippen LogP contribution in [0, 0.1) is 6.92 Å². The van der Waals surface area contributed by atoms with Crippen molar-refractivity contribution in [3.8, 4) is 5.75 Å². The number of rotatable bonds is 3. The fourth-order valence-corrected chi connectivity index (χ4v) is 1.48. The van der Waals surface area contributed by atoms with E-state index in [1.165, 1.54) is 6.07 Å². The zero-order valence-electron chi connectivity index (χ0n) is 7.53. The van der Waals surface area contributed by atoms with Crippen LogP contribution in [0.3, 0.4) is 0 Å². The molecule has 0 atom stereocenters. The van der Waals surface area contributed by atoms with Gasteiger partial charge in [0.2, 0.25) is 0 Å². The molecule has 0 spiro atoms. The van der Waals surface area contributed by atoms with Gasteiger partial charge in [0.05, 0.1) is 5.41 Å². The van der Waals surface area contributed by atoms with E-state index in [1.807, 2.05) is 0 Å². The van der Waals surface area contributed by atoms with E-state index in [0.717, 1.165) is 5.41 Å². The largest absolute Gasteiger partial charge is 0.379 e. The van der Waals surface area contributed by atoms with Gasteiger partial charge in [-0.05, 0) is 18.6 Å². The van der Waals surface area contributed by atoms with Crippen LogP contribution < -0.4 is 4.18 Å². The number of benzene rings is 1. The van der Waals surface area contributed by atoms with E-state index in [4.69, 9.17) is 15.8 Å². The van der Waals surface area contributed by atoms with Crippen LogP contribution in [0.1, 0.15) is 5.56 Å². The monoisotopic (exact) mass is 232 g/mol. The van der Waals surface area contributed by atoms with Gasteiger partial charge in [-0.2, -0.15) is 8.42 Å². The summed E-state index contributed by atoms with van der Waals surface area (Å²) in [6.07, 6.45) is 0. The van der Waals surface area contributed by atoms with E-state index in [0.29, 0.717) is 10.6 Å². The van der Waals surface area contributed by atoms with Gasteiger partial charge in [-0.15, -0.1) is 0 Å². The SMILES string of the molecule is C=CS(=O)(=O)Oc1cc(Cl)ccc1C. The molecule has 1 aromatic rings. The van der Waals surface area contributed by atoms with E-state index in [-0.39, 0.29) is 5.75 Å². The summed E-state index contributed by atoms with van der Waals surface area (Å²) in [7, 11) is -3.71. The predicted molar refractivity (Wildman–Crippen MR) is 55.9 cm³/mol. The molecule has 0 saturated heterocycles. The molecule has 0 saturated carbocycles. The van der Waals surface area contributed by atoms with Gasteiger partial charge in [0.1, 0.15) is 5.75 Å². The van der Waals surface area contributed by atoms with E-state index in [9.17, 15) is 8.42 Å². The molecule has 0 radical (unpaired) electrons. The van der Waals surface area contributed by atoms with Gasteiger partial charge in [0, 0.05) is 11.1 Å². The van der Waals surface area contributed by atoms with Gasteiger partial charge in [-0.1, -0.05) is 24.2 Å². The molecule has 0 aliphatic rings. The topological polar surface area (TPSA) is 43.4 Å². The molecule has 76 valence electrons. The van der Waals surface area contributed by atoms with E-state index >= 15 is 0 Å². The first-order valence-electron chi connectivity index (χ1n) is 3.78. The van der Waals surface area contributed by atoms with Gasteiger partial charge in [0.25, 0.3) is 0 Å². The maximum atomic E-state index is 11.0. The number of hydrogen-bond donors (Lipinski definition) is 0. The summed E-state index contributed by atoms with van der Waals surface area (Å²) in [4.78, 5) is 0. The molecule has 0 fully saturated rings. The van der Waals surface area contributed by atoms with Gasteiger partial charge in [-0.25, -0.2) is 0 Å². The third-order valence-electron chi connectivity index (χ3n) is 1.56. The Bertz CT molecular complexity index is 451. The highest BCUT2D eigenvalue weighted by molar-refractivity contribution is 7.90. The minimum Gasteiger partial charge on any atom is -0.379 e. The summed E-state index contributed by atoms with van der Waals surface area (Å²) >= 11 is 5.69. The third kappa shape index (κ3) is 2.75. The van der Waals surface area contributed by atoms with Gasteiger partial charge < -0.3 is 4.18 Å². The lowest BCUT2D eigenvalue weighted by atomic mass is 10.2. The Balaban J connectivity index is 3.09. The van der Waals surface area contributed by atoms with Crippen molar-refractivity contribution in [3.05, 3.63) is 40.8 Å². The molecule has 0 aliphatic heterocycles. The van der Waals surface area contributed by atoms with Crippen molar-refractivity contribution in [2.75, 3.05) is 0 Å². The van der Waals surface area contributed by atoms with Crippen LogP contribution in [0.5, 0.6) is 5.75 Å². The molecule has 0 N–H and O–H groups in total. The lowest BCUT2D eigenvalue weighted by Gasteiger charge is -2.06. The molecular formula is C9H9ClO3S. The zero-order valence-corrected chi connectivity index (χ0v) is 9.10. The predicted octanol–water partition coefficient (Wildman–Crippen LogP) is 2.50. The second-order valence-electron chi connectivity index (χ2n) is 2.65. The Kier molecular flexibility index (Phi) is 3.18. The van der Waals surface area contributed by atoms with E-state index < -0.39 is 10.1 Å². The Morgan fingerprint density at radius 3 is 2.71 bits per heavy atom. The lowest BCUT2D eigenvalue weighted by Crippen LogP contribution is -2.05. The molecule has 1 aromatic carbocycles. The van der Waals surface area contributed by atoms with Gasteiger partial charge in [-0.3, -0.25) is 0 Å². The molecule has 0 amide bonds. The minimum absolute atomic E-state index is 0.220. The summed E-state index contributed by atoms with van der Waals surface area (Å²) < 4.78 is 26.8. The van der Waals surface area contributed by atoms with Crippen LogP contribution in [0.15, 0.2) is 30.2 Å². The normalized spacial score (nSPS) is 11.0. The van der Waals surface area contributed by atoms with Crippen LogP contribution in [0.25, 0.3) is 0 Å². The fraction of sp³-hybridized carbons (Fsp3) is 0.111. The highest BCUT2D eigenvalue weighted by Crippen LogP contribution is 2.23. The van der Waals surface area contributed by atoms with Crippen molar-refractivity contribution < 1.29 is 12.6 Å². The van der Waals surface area contributed by atoms with E-state index in [2.05, 4.69) is 6.58 Å². The smallest absolute Gasteiger partial charge is 0.331 e. The standard InChI is InChI=1S/C9H9ClO3S/c1-3-14(11,12)13-9-6-8(10)5-4-7(9)2/h3-6H,1H2,2H3. The average Bonchev–Trinajstić information content (AvgIpc) is 2.11. The Morgan fingerprint density at radius 1 is 1.50 bits per heavy atom. The Morgan fingerprint density at radius 2 is 2.14 bits per heavy atom. The fourth-order valence-electron chi connectivity index (χ4n) is 0.823. The highest BCUT2D eigenvalue weighted by atomic mass is 35.5. The first-order valence-corrected chi connectivity index (χ1v) is 5.62. The van der Waals surface area contributed by atoms with Crippen molar-refractivity contribution in [3.63, 3.8) is 0 Å². The van der Waals surface area contributed by atoms with Crippen molar-refractivity contribution >= 4 is 21.7 Å². The first-order chi connectivity index (χ1) is 6.44. The summed E-state index contributed by atoms with van der Waals surface area (Å²) in [5, 5.41) is 1.16. The highest BCUT2D eigenvalue weighted by Gasteiger charge is 2.09. The maximum absolute atomic E-state index is 11.0. The van der Waals surface area contributed by atoms with E-state index in [1.54, 1.807) is 19.1 Å². The van der Waals surface area contributed by atoms with Crippen LogP contribution in [-0.2, 0) is 10.1 Å². The van der Waals surface area contributed by atoms with Crippen molar-refractivity contribution in [1.29, 1.82) is 0 Å². The molecule has 3 nitrogen and oxygen atoms in total. The van der Waals surface area contributed by atoms with Crippen molar-refractivity contribution in [2.45, 2.75) is 6.92 Å². The molecule has 0 bridgehead atoms. The molecule has 0 aliphatic carbocycles. The summed E-state index contributed by atoms with van der Waals surface area (Å²) in [6.45, 7) is 4.86. The average molecular weight is 233 g/mol. The van der Waals surface area contributed by atoms with Crippen LogP contribution in [0.4, 0.5) is 0 Å². The molecular weight excluding hydrogens is 224 g/mol. The van der Waals surface area contributed by atoms with Gasteiger partial charge in [0.15, 0.2) is 0 Å². The molecule has 5 heteroatoms. The maximum Gasteiger partial charge on any atom is 0.331 e. The Hall–Kier alpha value is -1.00. The van der Waals surface area contributed by atoms with Gasteiger partial charge >= 0.3 is 10.1 Å². The van der Waals surface area contributed by atoms with Crippen LogP contribution in [0.2, 0.25) is 5.02 Å². The second-order valence-corrected chi connectivity index (χ2v) is 4.57. The quantitative estimate of drug-likeness (QED) is 0.752. The number of aryl methyl sites for hydroxylation is 1. The summed E-state index contributed by atoms with van der Waals surface area (Å²) in [5.74, 6) is 0.220. The van der Waals surface area contributed by atoms with Crippen LogP contribution >= 0.6 is 11.6 Å².